The highest BCUT2D eigenvalue weighted by Gasteiger charge is 1.93. The molecule has 0 saturated heterocycles. The van der Waals surface area contributed by atoms with E-state index in [0.29, 0.717) is 11.7 Å². The summed E-state index contributed by atoms with van der Waals surface area (Å²) < 4.78 is 17.7. The minimum absolute atomic E-state index is 0.261. The van der Waals surface area contributed by atoms with Crippen molar-refractivity contribution in [3.63, 3.8) is 0 Å². The summed E-state index contributed by atoms with van der Waals surface area (Å²) in [5.41, 5.74) is 0. The zero-order valence-electron chi connectivity index (χ0n) is 6.21. The van der Waals surface area contributed by atoms with Crippen molar-refractivity contribution in [2.45, 2.75) is 0 Å². The molecule has 0 atom stereocenters. The van der Waals surface area contributed by atoms with E-state index in [2.05, 4.69) is 0 Å². The molecule has 0 spiro atoms. The van der Waals surface area contributed by atoms with Gasteiger partial charge in [-0.15, -0.1) is 11.8 Å². The van der Waals surface area contributed by atoms with E-state index in [0.717, 1.165) is 0 Å². The van der Waals surface area contributed by atoms with Gasteiger partial charge >= 0.3 is 0 Å². The second kappa shape index (κ2) is 4.23. The molecule has 0 N–H and O–H groups in total. The van der Waals surface area contributed by atoms with Crippen LogP contribution in [0.5, 0.6) is 5.75 Å². The van der Waals surface area contributed by atoms with Crippen molar-refractivity contribution < 1.29 is 9.13 Å². The van der Waals surface area contributed by atoms with Crippen LogP contribution in [0, 0.1) is 5.82 Å². The van der Waals surface area contributed by atoms with Crippen LogP contribution < -0.4 is 4.74 Å². The zero-order valence-corrected chi connectivity index (χ0v) is 7.03. The van der Waals surface area contributed by atoms with Crippen LogP contribution in [0.1, 0.15) is 0 Å². The molecule has 0 aliphatic heterocycles. The Morgan fingerprint density at radius 3 is 3.00 bits per heavy atom. The van der Waals surface area contributed by atoms with Gasteiger partial charge in [0.25, 0.3) is 0 Å². The van der Waals surface area contributed by atoms with Gasteiger partial charge in [0.1, 0.15) is 17.5 Å². The maximum absolute atomic E-state index is 12.5. The molecule has 0 bridgehead atoms. The summed E-state index contributed by atoms with van der Waals surface area (Å²) in [6.45, 7) is 0. The minimum Gasteiger partial charge on any atom is -0.483 e. The fourth-order valence-corrected chi connectivity index (χ4v) is 0.938. The van der Waals surface area contributed by atoms with Crippen LogP contribution in [0.25, 0.3) is 0 Å². The highest BCUT2D eigenvalue weighted by molar-refractivity contribution is 7.98. The van der Waals surface area contributed by atoms with Gasteiger partial charge in [0.2, 0.25) is 0 Å². The SMILES string of the molecule is CSCOc1cccc(F)c1. The van der Waals surface area contributed by atoms with Gasteiger partial charge in [0.15, 0.2) is 0 Å². The van der Waals surface area contributed by atoms with Crippen molar-refractivity contribution in [2.75, 3.05) is 12.2 Å². The topological polar surface area (TPSA) is 9.23 Å². The molecule has 0 fully saturated rings. The Kier molecular flexibility index (Phi) is 3.23. The number of hydrogen-bond acceptors (Lipinski definition) is 2. The smallest absolute Gasteiger partial charge is 0.133 e. The van der Waals surface area contributed by atoms with E-state index >= 15 is 0 Å². The predicted molar refractivity (Wildman–Crippen MR) is 45.4 cm³/mol. The lowest BCUT2D eigenvalue weighted by Gasteiger charge is -2.02. The molecule has 1 aromatic rings. The number of thioether (sulfide) groups is 1. The summed E-state index contributed by atoms with van der Waals surface area (Å²) in [5.74, 6) is 0.881. The summed E-state index contributed by atoms with van der Waals surface area (Å²) in [5, 5.41) is 0. The molecule has 0 aromatic heterocycles. The van der Waals surface area contributed by atoms with Crippen molar-refractivity contribution in [2.24, 2.45) is 0 Å². The molecule has 60 valence electrons. The van der Waals surface area contributed by atoms with Crippen molar-refractivity contribution in [1.29, 1.82) is 0 Å². The molecular weight excluding hydrogens is 163 g/mol. The van der Waals surface area contributed by atoms with Crippen LogP contribution in [0.3, 0.4) is 0 Å². The fraction of sp³-hybridized carbons (Fsp3) is 0.250. The van der Waals surface area contributed by atoms with Gasteiger partial charge in [-0.2, -0.15) is 0 Å². The fourth-order valence-electron chi connectivity index (χ4n) is 0.684. The first kappa shape index (κ1) is 8.40. The number of benzene rings is 1. The van der Waals surface area contributed by atoms with E-state index < -0.39 is 0 Å². The first-order chi connectivity index (χ1) is 5.33. The molecule has 11 heavy (non-hydrogen) atoms. The zero-order chi connectivity index (χ0) is 8.10. The Bertz CT molecular complexity index is 227. The maximum atomic E-state index is 12.5. The summed E-state index contributed by atoms with van der Waals surface area (Å²) in [6, 6.07) is 6.13. The van der Waals surface area contributed by atoms with E-state index in [1.54, 1.807) is 23.9 Å². The van der Waals surface area contributed by atoms with Gasteiger partial charge < -0.3 is 4.74 Å². The Balaban J connectivity index is 2.56. The normalized spacial score (nSPS) is 9.64. The average Bonchev–Trinajstić information content (AvgIpc) is 2.01. The molecule has 0 amide bonds. The molecule has 1 aromatic carbocycles. The van der Waals surface area contributed by atoms with Gasteiger partial charge in [-0.3, -0.25) is 0 Å². The second-order valence-corrected chi connectivity index (χ2v) is 2.82. The van der Waals surface area contributed by atoms with Crippen molar-refractivity contribution in [1.82, 2.24) is 0 Å². The number of halogens is 1. The lowest BCUT2D eigenvalue weighted by molar-refractivity contribution is 0.390. The summed E-state index contributed by atoms with van der Waals surface area (Å²) in [6.07, 6.45) is 1.93. The van der Waals surface area contributed by atoms with Gasteiger partial charge in [0, 0.05) is 6.07 Å². The van der Waals surface area contributed by atoms with E-state index in [-0.39, 0.29) is 5.82 Å². The molecule has 0 radical (unpaired) electrons. The van der Waals surface area contributed by atoms with Crippen molar-refractivity contribution in [3.05, 3.63) is 30.1 Å². The second-order valence-electron chi connectivity index (χ2n) is 2.01. The van der Waals surface area contributed by atoms with Crippen LogP contribution in [0.2, 0.25) is 0 Å². The lowest BCUT2D eigenvalue weighted by atomic mass is 10.3. The quantitative estimate of drug-likeness (QED) is 0.648. The third-order valence-electron chi connectivity index (χ3n) is 1.14. The standard InChI is InChI=1S/C8H9FOS/c1-11-6-10-8-4-2-3-7(9)5-8/h2-5H,6H2,1H3. The van der Waals surface area contributed by atoms with E-state index in [4.69, 9.17) is 4.74 Å². The molecule has 0 aliphatic carbocycles. The highest BCUT2D eigenvalue weighted by Crippen LogP contribution is 2.12. The molecule has 0 saturated carbocycles. The number of hydrogen-bond donors (Lipinski definition) is 0. The molecular formula is C8H9FOS. The Morgan fingerprint density at radius 1 is 1.55 bits per heavy atom. The van der Waals surface area contributed by atoms with Crippen molar-refractivity contribution in [3.8, 4) is 5.75 Å². The molecule has 0 heterocycles. The Hall–Kier alpha value is -0.700. The monoisotopic (exact) mass is 172 g/mol. The van der Waals surface area contributed by atoms with Gasteiger partial charge in [-0.05, 0) is 18.4 Å². The van der Waals surface area contributed by atoms with Crippen LogP contribution in [-0.2, 0) is 0 Å². The molecule has 0 aliphatic rings. The first-order valence-electron chi connectivity index (χ1n) is 3.20. The largest absolute Gasteiger partial charge is 0.483 e. The van der Waals surface area contributed by atoms with Crippen LogP contribution in [0.15, 0.2) is 24.3 Å². The molecule has 1 nitrogen and oxygen atoms in total. The third-order valence-corrected chi connectivity index (χ3v) is 1.49. The minimum atomic E-state index is -0.261. The summed E-state index contributed by atoms with van der Waals surface area (Å²) in [4.78, 5) is 0. The molecule has 3 heteroatoms. The van der Waals surface area contributed by atoms with E-state index in [9.17, 15) is 4.39 Å². The average molecular weight is 172 g/mol. The maximum Gasteiger partial charge on any atom is 0.133 e. The number of rotatable bonds is 3. The van der Waals surface area contributed by atoms with Crippen molar-refractivity contribution >= 4 is 11.8 Å². The van der Waals surface area contributed by atoms with Crippen LogP contribution >= 0.6 is 11.8 Å². The van der Waals surface area contributed by atoms with Crippen LogP contribution in [0.4, 0.5) is 4.39 Å². The summed E-state index contributed by atoms with van der Waals surface area (Å²) >= 11 is 1.56. The third kappa shape index (κ3) is 2.80. The van der Waals surface area contributed by atoms with Gasteiger partial charge in [-0.25, -0.2) is 4.39 Å². The number of ether oxygens (including phenoxy) is 1. The Morgan fingerprint density at radius 2 is 2.36 bits per heavy atom. The van der Waals surface area contributed by atoms with Gasteiger partial charge in [0.05, 0.1) is 0 Å². The predicted octanol–water partition coefficient (Wildman–Crippen LogP) is 2.53. The first-order valence-corrected chi connectivity index (χ1v) is 4.59. The highest BCUT2D eigenvalue weighted by atomic mass is 32.2. The Labute approximate surface area is 69.6 Å². The summed E-state index contributed by atoms with van der Waals surface area (Å²) in [7, 11) is 0. The lowest BCUT2D eigenvalue weighted by Crippen LogP contribution is -1.91. The van der Waals surface area contributed by atoms with E-state index in [1.807, 2.05) is 6.26 Å². The van der Waals surface area contributed by atoms with Crippen LogP contribution in [-0.4, -0.2) is 12.2 Å². The molecule has 0 unspecified atom stereocenters. The van der Waals surface area contributed by atoms with E-state index in [1.165, 1.54) is 12.1 Å². The van der Waals surface area contributed by atoms with Gasteiger partial charge in [-0.1, -0.05) is 6.07 Å². The molecule has 1 rings (SSSR count).